The van der Waals surface area contributed by atoms with Gasteiger partial charge in [0, 0.05) is 17.5 Å². The number of carbonyl (C=O) groups excluding carboxylic acids is 4. The van der Waals surface area contributed by atoms with Crippen molar-refractivity contribution in [2.75, 3.05) is 13.3 Å². The molecule has 1 saturated heterocycles. The van der Waals surface area contributed by atoms with Crippen LogP contribution in [0.25, 0.3) is 11.0 Å². The average molecular weight is 524 g/mol. The minimum Gasteiger partial charge on any atom is -0.462 e. The molecule has 14 nitrogen and oxygen atoms in total. The van der Waals surface area contributed by atoms with Crippen LogP contribution in [0.2, 0.25) is 0 Å². The number of aliphatic hydroxyl groups is 3. The molecular weight excluding hydrogens is 496 g/mol. The molecule has 2 aromatic rings. The topological polar surface area (TPSA) is 211 Å². The van der Waals surface area contributed by atoms with Crippen molar-refractivity contribution in [3.63, 3.8) is 0 Å². The molecule has 1 aliphatic heterocycles. The second kappa shape index (κ2) is 12.9. The van der Waals surface area contributed by atoms with Gasteiger partial charge in [-0.05, 0) is 38.5 Å². The maximum Gasteiger partial charge on any atom is 0.409 e. The van der Waals surface area contributed by atoms with Crippen LogP contribution in [0.3, 0.4) is 0 Å². The first-order valence-electron chi connectivity index (χ1n) is 11.0. The highest BCUT2D eigenvalue weighted by atomic mass is 16.7. The highest BCUT2D eigenvalue weighted by molar-refractivity contribution is 5.87. The van der Waals surface area contributed by atoms with Crippen LogP contribution >= 0.6 is 0 Å². The largest absolute Gasteiger partial charge is 0.462 e. The first-order chi connectivity index (χ1) is 17.3. The summed E-state index contributed by atoms with van der Waals surface area (Å²) >= 11 is 0. The lowest BCUT2D eigenvalue weighted by molar-refractivity contribution is -0.242. The molecule has 0 bridgehead atoms. The lowest BCUT2D eigenvalue weighted by Gasteiger charge is -2.34. The second-order valence-electron chi connectivity index (χ2n) is 8.83. The molecule has 202 valence electrons. The fraction of sp³-hybridized carbons (Fsp3) is 0.478. The van der Waals surface area contributed by atoms with Crippen molar-refractivity contribution in [1.82, 2.24) is 10.6 Å². The van der Waals surface area contributed by atoms with Gasteiger partial charge in [-0.1, -0.05) is 0 Å². The summed E-state index contributed by atoms with van der Waals surface area (Å²) < 4.78 is 21.0. The lowest BCUT2D eigenvalue weighted by Crippen LogP contribution is -2.54. The molecule has 1 fully saturated rings. The normalized spacial score (nSPS) is 21.1. The summed E-state index contributed by atoms with van der Waals surface area (Å²) in [5.74, 6) is -0.277. The number of nitrogens with one attached hydrogen (secondary N) is 2. The number of aliphatic hydroxyl groups excluding tert-OH is 3. The zero-order valence-electron chi connectivity index (χ0n) is 20.3. The van der Waals surface area contributed by atoms with Gasteiger partial charge < -0.3 is 44.6 Å². The number of carbonyl (C=O) groups is 2. The summed E-state index contributed by atoms with van der Waals surface area (Å²) in [6, 6.07) is 5.65. The molecule has 0 saturated carbocycles. The van der Waals surface area contributed by atoms with Gasteiger partial charge in [0.05, 0.1) is 19.7 Å². The van der Waals surface area contributed by atoms with Crippen molar-refractivity contribution in [2.45, 2.75) is 57.4 Å². The van der Waals surface area contributed by atoms with Gasteiger partial charge in [0.15, 0.2) is 0 Å². The van der Waals surface area contributed by atoms with Crippen molar-refractivity contribution >= 4 is 29.1 Å². The Bertz CT molecular complexity index is 1180. The van der Waals surface area contributed by atoms with Crippen molar-refractivity contribution in [3.05, 3.63) is 40.2 Å². The van der Waals surface area contributed by atoms with Crippen LogP contribution in [-0.2, 0) is 30.3 Å². The van der Waals surface area contributed by atoms with E-state index in [1.807, 2.05) is 0 Å². The zero-order valence-corrected chi connectivity index (χ0v) is 20.3. The van der Waals surface area contributed by atoms with E-state index in [9.17, 15) is 29.7 Å². The van der Waals surface area contributed by atoms with E-state index >= 15 is 0 Å². The first-order valence-corrected chi connectivity index (χ1v) is 11.0. The number of hydrogen-bond donors (Lipinski definition) is 5. The predicted octanol–water partition coefficient (Wildman–Crippen LogP) is -0.832. The van der Waals surface area contributed by atoms with E-state index in [2.05, 4.69) is 10.6 Å². The van der Waals surface area contributed by atoms with E-state index in [1.165, 1.54) is 18.2 Å². The van der Waals surface area contributed by atoms with E-state index in [0.717, 1.165) is 0 Å². The molecule has 1 aliphatic rings. The maximum atomic E-state index is 12.3. The third kappa shape index (κ3) is 8.97. The molecule has 2 unspecified atom stereocenters. The van der Waals surface area contributed by atoms with Gasteiger partial charge >= 0.3 is 17.9 Å². The maximum absolute atomic E-state index is 12.3. The predicted molar refractivity (Wildman–Crippen MR) is 122 cm³/mol. The summed E-state index contributed by atoms with van der Waals surface area (Å²) in [7, 11) is 0. The van der Waals surface area contributed by atoms with E-state index in [1.54, 1.807) is 26.8 Å². The molecule has 0 spiro atoms. The summed E-state index contributed by atoms with van der Waals surface area (Å²) in [5.41, 5.74) is -0.840. The number of ether oxygens (including phenoxy) is 3. The number of hydrogen-bond acceptors (Lipinski definition) is 12. The molecule has 1 aromatic heterocycles. The van der Waals surface area contributed by atoms with Crippen LogP contribution in [-0.4, -0.2) is 77.0 Å². The Morgan fingerprint density at radius 3 is 2.43 bits per heavy atom. The van der Waals surface area contributed by atoms with E-state index in [4.69, 9.17) is 28.2 Å². The third-order valence-electron chi connectivity index (χ3n) is 4.78. The Kier molecular flexibility index (Phi) is 10.3. The van der Waals surface area contributed by atoms with Crippen molar-refractivity contribution < 1.29 is 53.1 Å². The Morgan fingerprint density at radius 2 is 1.78 bits per heavy atom. The van der Waals surface area contributed by atoms with Gasteiger partial charge in [0.2, 0.25) is 12.2 Å². The average Bonchev–Trinajstić information content (AvgIpc) is 2.78. The fourth-order valence-electron chi connectivity index (χ4n) is 3.21. The summed E-state index contributed by atoms with van der Waals surface area (Å²) in [6.07, 6.45) is -6.00. The molecule has 4 atom stereocenters. The van der Waals surface area contributed by atoms with Crippen LogP contribution in [0.5, 0.6) is 5.75 Å². The SMILES string of the molecule is CC(C)(C)OC(=O)NCNC(=O)Cc1cc(=O)oc2cc(OC3OC[C@@H](O)[C@@H](O)C3O)ccc12.O=C=O. The molecule has 1 aromatic carbocycles. The van der Waals surface area contributed by atoms with Gasteiger partial charge in [-0.2, -0.15) is 9.59 Å². The van der Waals surface area contributed by atoms with Crippen LogP contribution in [0, 0.1) is 0 Å². The standard InChI is InChI=1S/C22H28N2O10.CO2/c1-22(2,3)34-21(30)24-10-23-16(26)6-11-7-17(27)33-15-8-12(4-5-13(11)15)32-20-19(29)18(28)14(25)9-31-20;2-1-3/h4-5,7-8,14,18-20,25,28-29H,6,9-10H2,1-3H3,(H,23,26)(H,24,30);/t14-,18-,19?,20?;/m1./s1. The number of amides is 2. The Labute approximate surface area is 210 Å². The van der Waals surface area contributed by atoms with E-state index in [0.29, 0.717) is 10.9 Å². The fourth-order valence-corrected chi connectivity index (χ4v) is 3.21. The molecule has 0 radical (unpaired) electrons. The minimum absolute atomic E-state index is 0.130. The van der Waals surface area contributed by atoms with Gasteiger partial charge in [0.25, 0.3) is 0 Å². The van der Waals surface area contributed by atoms with Crippen LogP contribution in [0.4, 0.5) is 4.79 Å². The molecule has 3 rings (SSSR count). The van der Waals surface area contributed by atoms with Crippen LogP contribution < -0.4 is 21.0 Å². The Hall–Kier alpha value is -3.81. The quantitative estimate of drug-likeness (QED) is 0.231. The monoisotopic (exact) mass is 524 g/mol. The van der Waals surface area contributed by atoms with Crippen molar-refractivity contribution in [1.29, 1.82) is 0 Å². The number of benzene rings is 1. The van der Waals surface area contributed by atoms with Crippen molar-refractivity contribution in [2.24, 2.45) is 0 Å². The summed E-state index contributed by atoms with van der Waals surface area (Å²) in [6.45, 7) is 4.76. The van der Waals surface area contributed by atoms with Gasteiger partial charge in [-0.3, -0.25) is 4.79 Å². The number of rotatable bonds is 6. The van der Waals surface area contributed by atoms with Crippen LogP contribution in [0.1, 0.15) is 26.3 Å². The molecule has 0 aliphatic carbocycles. The highest BCUT2D eigenvalue weighted by Crippen LogP contribution is 2.26. The molecule has 2 heterocycles. The molecular formula is C23H28N2O12. The van der Waals surface area contributed by atoms with Crippen LogP contribution in [0.15, 0.2) is 33.5 Å². The third-order valence-corrected chi connectivity index (χ3v) is 4.78. The lowest BCUT2D eigenvalue weighted by atomic mass is 10.1. The van der Waals surface area contributed by atoms with E-state index in [-0.39, 0.29) is 37.2 Å². The summed E-state index contributed by atoms with van der Waals surface area (Å²) in [4.78, 5) is 52.2. The first kappa shape index (κ1) is 29.4. The molecule has 37 heavy (non-hydrogen) atoms. The zero-order chi connectivity index (χ0) is 27.8. The molecule has 5 N–H and O–H groups in total. The van der Waals surface area contributed by atoms with E-state index < -0.39 is 47.8 Å². The number of alkyl carbamates (subject to hydrolysis) is 1. The number of fused-ring (bicyclic) bond motifs is 1. The highest BCUT2D eigenvalue weighted by Gasteiger charge is 2.39. The smallest absolute Gasteiger partial charge is 0.409 e. The van der Waals surface area contributed by atoms with Gasteiger partial charge in [-0.25, -0.2) is 9.59 Å². The molecule has 14 heteroatoms. The Morgan fingerprint density at radius 1 is 1.11 bits per heavy atom. The van der Waals surface area contributed by atoms with Gasteiger partial charge in [-0.15, -0.1) is 0 Å². The Balaban J connectivity index is 0.00000153. The summed E-state index contributed by atoms with van der Waals surface area (Å²) in [5, 5.41) is 34.7. The van der Waals surface area contributed by atoms with Gasteiger partial charge in [0.1, 0.15) is 35.2 Å². The second-order valence-corrected chi connectivity index (χ2v) is 8.83. The van der Waals surface area contributed by atoms with Crippen molar-refractivity contribution in [3.8, 4) is 5.75 Å². The minimum atomic E-state index is -1.49. The molecule has 2 amide bonds.